The van der Waals surface area contributed by atoms with Crippen LogP contribution < -0.4 is 16.0 Å². The summed E-state index contributed by atoms with van der Waals surface area (Å²) in [6.45, 7) is 1.84. The molecular weight excluding hydrogens is 444 g/mol. The van der Waals surface area contributed by atoms with Gasteiger partial charge in [-0.25, -0.2) is 4.98 Å². The Labute approximate surface area is 178 Å². The maximum Gasteiger partial charge on any atom is 0.417 e. The Bertz CT molecular complexity index is 688. The topological polar surface area (TPSA) is 80.5 Å². The van der Waals surface area contributed by atoms with E-state index in [1.807, 2.05) is 0 Å². The van der Waals surface area contributed by atoms with Crippen LogP contribution in [0.3, 0.4) is 0 Å². The molecule has 2 aliphatic heterocycles. The van der Waals surface area contributed by atoms with Crippen LogP contribution >= 0.6 is 36.4 Å². The highest BCUT2D eigenvalue weighted by atomic mass is 35.5. The number of ether oxygens (including phenoxy) is 1. The van der Waals surface area contributed by atoms with Crippen molar-refractivity contribution in [2.24, 2.45) is 5.73 Å². The van der Waals surface area contributed by atoms with E-state index in [4.69, 9.17) is 22.1 Å². The van der Waals surface area contributed by atoms with Crippen molar-refractivity contribution < 1.29 is 22.7 Å². The monoisotopic (exact) mass is 464 g/mol. The van der Waals surface area contributed by atoms with Crippen molar-refractivity contribution in [2.75, 3.05) is 31.2 Å². The second kappa shape index (κ2) is 9.67. The molecule has 3 rings (SSSR count). The minimum absolute atomic E-state index is 0. The summed E-state index contributed by atoms with van der Waals surface area (Å²) >= 11 is 5.99. The van der Waals surface area contributed by atoms with E-state index in [0.29, 0.717) is 45.6 Å². The first-order chi connectivity index (χ1) is 12.2. The van der Waals surface area contributed by atoms with E-state index in [9.17, 15) is 18.0 Å². The summed E-state index contributed by atoms with van der Waals surface area (Å²) in [7, 11) is 0. The Morgan fingerprint density at radius 3 is 2.57 bits per heavy atom. The first kappa shape index (κ1) is 25.0. The third-order valence-corrected chi connectivity index (χ3v) is 5.09. The molecule has 1 atom stereocenters. The fourth-order valence-electron chi connectivity index (χ4n) is 3.18. The molecule has 1 amide bonds. The fraction of sp³-hybridized carbons (Fsp3) is 0.625. The summed E-state index contributed by atoms with van der Waals surface area (Å²) < 4.78 is 43.4. The number of pyridine rings is 1. The van der Waals surface area contributed by atoms with Crippen LogP contribution in [0.4, 0.5) is 19.0 Å². The first-order valence-corrected chi connectivity index (χ1v) is 8.72. The summed E-state index contributed by atoms with van der Waals surface area (Å²) in [6.07, 6.45) is -2.17. The average Bonchev–Trinajstić information content (AvgIpc) is 3.02. The predicted octanol–water partition coefficient (Wildman–Crippen LogP) is 2.80. The van der Waals surface area contributed by atoms with Gasteiger partial charge in [0, 0.05) is 38.5 Å². The predicted molar refractivity (Wildman–Crippen MR) is 104 cm³/mol. The largest absolute Gasteiger partial charge is 0.417 e. The summed E-state index contributed by atoms with van der Waals surface area (Å²) in [5.41, 5.74) is 4.34. The van der Waals surface area contributed by atoms with E-state index < -0.39 is 17.3 Å². The fourth-order valence-corrected chi connectivity index (χ4v) is 3.47. The van der Waals surface area contributed by atoms with Crippen molar-refractivity contribution in [3.05, 3.63) is 22.8 Å². The zero-order valence-electron chi connectivity index (χ0n) is 14.8. The molecule has 160 valence electrons. The minimum atomic E-state index is -4.49. The van der Waals surface area contributed by atoms with Crippen LogP contribution in [0, 0.1) is 0 Å². The molecule has 0 aromatic carbocycles. The molecule has 2 fully saturated rings. The lowest BCUT2D eigenvalue weighted by molar-refractivity contribution is -0.137. The zero-order chi connectivity index (χ0) is 18.9. The van der Waals surface area contributed by atoms with Crippen LogP contribution in [0.15, 0.2) is 12.3 Å². The Kier molecular flexibility index (Phi) is 8.64. The number of aromatic nitrogens is 1. The third kappa shape index (κ3) is 5.54. The van der Waals surface area contributed by atoms with Gasteiger partial charge in [0.15, 0.2) is 0 Å². The molecule has 0 spiro atoms. The highest BCUT2D eigenvalue weighted by Crippen LogP contribution is 2.34. The van der Waals surface area contributed by atoms with Gasteiger partial charge in [-0.1, -0.05) is 11.6 Å². The molecule has 2 saturated heterocycles. The number of rotatable bonds is 3. The number of nitrogens with one attached hydrogen (secondary N) is 1. The minimum Gasteiger partial charge on any atom is -0.381 e. The molecule has 0 aliphatic carbocycles. The van der Waals surface area contributed by atoms with E-state index in [1.165, 1.54) is 0 Å². The third-order valence-electron chi connectivity index (χ3n) is 4.81. The standard InChI is InChI=1S/C16H20ClF3N4O2.2ClH/c17-12-7-10(16(18,19)20)8-22-13(12)24-4-1-11(9-24)23-14(25)15(21)2-5-26-6-3-15;;/h7-8,11H,1-6,9,21H2,(H,23,25);2*1H. The van der Waals surface area contributed by atoms with Gasteiger partial charge in [-0.15, -0.1) is 24.8 Å². The summed E-state index contributed by atoms with van der Waals surface area (Å²) in [4.78, 5) is 18.1. The molecule has 6 nitrogen and oxygen atoms in total. The van der Waals surface area contributed by atoms with Gasteiger partial charge in [-0.3, -0.25) is 4.79 Å². The molecular formula is C16H22Cl3F3N4O2. The van der Waals surface area contributed by atoms with Gasteiger partial charge in [0.25, 0.3) is 0 Å². The quantitative estimate of drug-likeness (QED) is 0.717. The van der Waals surface area contributed by atoms with Crippen molar-refractivity contribution in [2.45, 2.75) is 37.0 Å². The maximum absolute atomic E-state index is 12.7. The molecule has 0 bridgehead atoms. The van der Waals surface area contributed by atoms with E-state index in [-0.39, 0.29) is 47.6 Å². The van der Waals surface area contributed by atoms with Gasteiger partial charge < -0.3 is 20.7 Å². The SMILES string of the molecule is Cl.Cl.NC1(C(=O)NC2CCN(c3ncc(C(F)(F)F)cc3Cl)C2)CCOCC1. The molecule has 28 heavy (non-hydrogen) atoms. The highest BCUT2D eigenvalue weighted by Gasteiger charge is 2.38. The highest BCUT2D eigenvalue weighted by molar-refractivity contribution is 6.33. The number of carbonyl (C=O) groups excluding carboxylic acids is 1. The second-order valence-electron chi connectivity index (χ2n) is 6.70. The number of alkyl halides is 3. The number of amides is 1. The first-order valence-electron chi connectivity index (χ1n) is 8.34. The Morgan fingerprint density at radius 1 is 1.36 bits per heavy atom. The van der Waals surface area contributed by atoms with E-state index in [2.05, 4.69) is 10.3 Å². The van der Waals surface area contributed by atoms with Crippen molar-refractivity contribution in [1.29, 1.82) is 0 Å². The normalized spacial score (nSPS) is 21.5. The number of halogens is 6. The number of hydrogen-bond acceptors (Lipinski definition) is 5. The van der Waals surface area contributed by atoms with Crippen molar-refractivity contribution >= 4 is 48.1 Å². The number of hydrogen-bond donors (Lipinski definition) is 2. The molecule has 1 aromatic rings. The molecule has 12 heteroatoms. The van der Waals surface area contributed by atoms with E-state index in [1.54, 1.807) is 4.90 Å². The Balaban J connectivity index is 0.00000196. The summed E-state index contributed by atoms with van der Waals surface area (Å²) in [5.74, 6) is 0.0593. The van der Waals surface area contributed by atoms with E-state index in [0.717, 1.165) is 12.3 Å². The van der Waals surface area contributed by atoms with Crippen molar-refractivity contribution in [3.63, 3.8) is 0 Å². The number of nitrogens with zero attached hydrogens (tertiary/aromatic N) is 2. The zero-order valence-corrected chi connectivity index (χ0v) is 17.2. The lowest BCUT2D eigenvalue weighted by Gasteiger charge is -2.33. The van der Waals surface area contributed by atoms with Crippen LogP contribution in [-0.4, -0.2) is 48.8 Å². The lowest BCUT2D eigenvalue weighted by Crippen LogP contribution is -2.59. The van der Waals surface area contributed by atoms with Gasteiger partial charge in [-0.05, 0) is 25.3 Å². The molecule has 1 aromatic heterocycles. The van der Waals surface area contributed by atoms with Gasteiger partial charge in [0.2, 0.25) is 5.91 Å². The van der Waals surface area contributed by atoms with Crippen LogP contribution in [0.1, 0.15) is 24.8 Å². The van der Waals surface area contributed by atoms with Gasteiger partial charge in [0.05, 0.1) is 16.1 Å². The van der Waals surface area contributed by atoms with Gasteiger partial charge >= 0.3 is 6.18 Å². The molecule has 2 aliphatic rings. The van der Waals surface area contributed by atoms with Gasteiger partial charge in [0.1, 0.15) is 5.82 Å². The van der Waals surface area contributed by atoms with Crippen LogP contribution in [0.25, 0.3) is 0 Å². The second-order valence-corrected chi connectivity index (χ2v) is 7.11. The van der Waals surface area contributed by atoms with Crippen molar-refractivity contribution in [1.82, 2.24) is 10.3 Å². The molecule has 0 radical (unpaired) electrons. The Hall–Kier alpha value is -1.00. The molecule has 3 N–H and O–H groups in total. The average molecular weight is 466 g/mol. The molecule has 3 heterocycles. The Morgan fingerprint density at radius 2 is 2.00 bits per heavy atom. The van der Waals surface area contributed by atoms with Gasteiger partial charge in [-0.2, -0.15) is 13.2 Å². The molecule has 0 saturated carbocycles. The maximum atomic E-state index is 12.7. The van der Waals surface area contributed by atoms with Crippen molar-refractivity contribution in [3.8, 4) is 0 Å². The summed E-state index contributed by atoms with van der Waals surface area (Å²) in [5, 5.41) is 2.87. The number of nitrogens with two attached hydrogens (primary N) is 1. The van der Waals surface area contributed by atoms with Crippen LogP contribution in [0.5, 0.6) is 0 Å². The molecule has 1 unspecified atom stereocenters. The smallest absolute Gasteiger partial charge is 0.381 e. The number of anilines is 1. The van der Waals surface area contributed by atoms with E-state index >= 15 is 0 Å². The van der Waals surface area contributed by atoms with Crippen LogP contribution in [-0.2, 0) is 15.7 Å². The lowest BCUT2D eigenvalue weighted by atomic mass is 9.90. The number of carbonyl (C=O) groups is 1. The van der Waals surface area contributed by atoms with Crippen LogP contribution in [0.2, 0.25) is 5.02 Å². The summed E-state index contributed by atoms with van der Waals surface area (Å²) in [6, 6.07) is 0.707.